The highest BCUT2D eigenvalue weighted by Gasteiger charge is 2.70. The minimum Gasteiger partial charge on any atom is -0.374 e. The number of allylic oxidation sites excluding steroid dienone is 2. The van der Waals surface area contributed by atoms with Crippen molar-refractivity contribution in [3.63, 3.8) is 0 Å². The standard InChI is InChI=1S/C15H18F6O2/c16-14(17,18)13(22,15(19,20)21)7-23-10-3-4-11-8-1-2-9(5-8)12(11)6-10/h1-2,8-12,22H,3-7H2. The average Bonchev–Trinajstić information content (AvgIpc) is 3.03. The summed E-state index contributed by atoms with van der Waals surface area (Å²) in [4.78, 5) is 0. The average molecular weight is 344 g/mol. The van der Waals surface area contributed by atoms with Crippen molar-refractivity contribution >= 4 is 0 Å². The highest BCUT2D eigenvalue weighted by molar-refractivity contribution is 5.14. The minimum absolute atomic E-state index is 0.272. The summed E-state index contributed by atoms with van der Waals surface area (Å²) in [5.41, 5.74) is -4.81. The molecule has 132 valence electrons. The van der Waals surface area contributed by atoms with E-state index < -0.39 is 30.7 Å². The second-order valence-corrected chi connectivity index (χ2v) is 6.88. The van der Waals surface area contributed by atoms with Crippen LogP contribution in [0.1, 0.15) is 25.7 Å². The number of rotatable bonds is 3. The zero-order valence-corrected chi connectivity index (χ0v) is 12.2. The lowest BCUT2D eigenvalue weighted by molar-refractivity contribution is -0.380. The smallest absolute Gasteiger partial charge is 0.374 e. The first-order chi connectivity index (χ1) is 10.5. The molecule has 2 saturated carbocycles. The number of fused-ring (bicyclic) bond motifs is 5. The van der Waals surface area contributed by atoms with Crippen molar-refractivity contribution in [1.82, 2.24) is 0 Å². The first kappa shape index (κ1) is 17.1. The molecule has 2 bridgehead atoms. The third-order valence-corrected chi connectivity index (χ3v) is 5.62. The van der Waals surface area contributed by atoms with E-state index in [4.69, 9.17) is 9.84 Å². The molecule has 0 heterocycles. The van der Waals surface area contributed by atoms with Gasteiger partial charge in [-0.15, -0.1) is 0 Å². The quantitative estimate of drug-likeness (QED) is 0.622. The first-order valence-electron chi connectivity index (χ1n) is 7.68. The van der Waals surface area contributed by atoms with E-state index in [2.05, 4.69) is 12.2 Å². The fourth-order valence-corrected chi connectivity index (χ4v) is 4.32. The molecule has 8 heteroatoms. The maximum atomic E-state index is 12.6. The van der Waals surface area contributed by atoms with Gasteiger partial charge in [0.2, 0.25) is 0 Å². The van der Waals surface area contributed by atoms with Gasteiger partial charge in [0, 0.05) is 0 Å². The van der Waals surface area contributed by atoms with Gasteiger partial charge in [0.1, 0.15) is 0 Å². The molecule has 23 heavy (non-hydrogen) atoms. The summed E-state index contributed by atoms with van der Waals surface area (Å²) < 4.78 is 80.7. The Labute approximate surface area is 129 Å². The maximum absolute atomic E-state index is 12.6. The molecule has 3 rings (SSSR count). The predicted molar refractivity (Wildman–Crippen MR) is 68.4 cm³/mol. The molecule has 0 spiro atoms. The number of ether oxygens (including phenoxy) is 1. The van der Waals surface area contributed by atoms with Crippen LogP contribution in [0.15, 0.2) is 12.2 Å². The van der Waals surface area contributed by atoms with Crippen LogP contribution in [0.2, 0.25) is 0 Å². The Bertz CT molecular complexity index is 469. The molecule has 2 fully saturated rings. The van der Waals surface area contributed by atoms with E-state index in [1.165, 1.54) is 0 Å². The van der Waals surface area contributed by atoms with Gasteiger partial charge in [-0.2, -0.15) is 26.3 Å². The highest BCUT2D eigenvalue weighted by atomic mass is 19.4. The predicted octanol–water partition coefficient (Wildman–Crippen LogP) is 3.85. The molecule has 0 saturated heterocycles. The molecular weight excluding hydrogens is 326 g/mol. The van der Waals surface area contributed by atoms with E-state index in [1.54, 1.807) is 0 Å². The number of hydrogen-bond donors (Lipinski definition) is 1. The van der Waals surface area contributed by atoms with E-state index in [0.29, 0.717) is 30.6 Å². The molecule has 5 atom stereocenters. The summed E-state index contributed by atoms with van der Waals surface area (Å²) in [7, 11) is 0. The second-order valence-electron chi connectivity index (χ2n) is 6.88. The second kappa shape index (κ2) is 5.37. The van der Waals surface area contributed by atoms with E-state index >= 15 is 0 Å². The van der Waals surface area contributed by atoms with E-state index in [-0.39, 0.29) is 5.92 Å². The van der Waals surface area contributed by atoms with Gasteiger partial charge in [0.15, 0.2) is 0 Å². The molecule has 0 aromatic rings. The van der Waals surface area contributed by atoms with Crippen LogP contribution < -0.4 is 0 Å². The molecular formula is C15H18F6O2. The van der Waals surface area contributed by atoms with Crippen molar-refractivity contribution < 1.29 is 36.2 Å². The molecule has 0 radical (unpaired) electrons. The number of alkyl halides is 6. The maximum Gasteiger partial charge on any atom is 0.428 e. The van der Waals surface area contributed by atoms with Crippen molar-refractivity contribution in [2.75, 3.05) is 6.61 Å². The van der Waals surface area contributed by atoms with Gasteiger partial charge in [-0.3, -0.25) is 0 Å². The summed E-state index contributed by atoms with van der Waals surface area (Å²) in [5, 5.41) is 9.12. The normalized spacial score (nSPS) is 37.3. The van der Waals surface area contributed by atoms with Gasteiger partial charge >= 0.3 is 12.4 Å². The van der Waals surface area contributed by atoms with E-state index in [1.807, 2.05) is 0 Å². The molecule has 3 aliphatic carbocycles. The first-order valence-corrected chi connectivity index (χ1v) is 7.68. The Morgan fingerprint density at radius 3 is 2.00 bits per heavy atom. The fourth-order valence-electron chi connectivity index (χ4n) is 4.32. The minimum atomic E-state index is -5.82. The van der Waals surface area contributed by atoms with Gasteiger partial charge in [0.25, 0.3) is 5.60 Å². The van der Waals surface area contributed by atoms with Gasteiger partial charge in [-0.1, -0.05) is 12.2 Å². The van der Waals surface area contributed by atoms with Crippen LogP contribution in [0.5, 0.6) is 0 Å². The van der Waals surface area contributed by atoms with Gasteiger partial charge in [-0.25, -0.2) is 0 Å². The van der Waals surface area contributed by atoms with Gasteiger partial charge < -0.3 is 9.84 Å². The van der Waals surface area contributed by atoms with Crippen LogP contribution in [0, 0.1) is 23.7 Å². The van der Waals surface area contributed by atoms with Crippen LogP contribution in [-0.4, -0.2) is 35.8 Å². The number of hydrogen-bond acceptors (Lipinski definition) is 2. The molecule has 0 aromatic carbocycles. The Balaban J connectivity index is 1.63. The molecule has 2 nitrogen and oxygen atoms in total. The van der Waals surface area contributed by atoms with Crippen LogP contribution >= 0.6 is 0 Å². The highest BCUT2D eigenvalue weighted by Crippen LogP contribution is 2.54. The lowest BCUT2D eigenvalue weighted by Crippen LogP contribution is -2.60. The zero-order valence-electron chi connectivity index (χ0n) is 12.2. The lowest BCUT2D eigenvalue weighted by atomic mass is 9.72. The topological polar surface area (TPSA) is 29.5 Å². The summed E-state index contributed by atoms with van der Waals surface area (Å²) in [6.07, 6.45) is -5.38. The van der Waals surface area contributed by atoms with Crippen LogP contribution in [0.4, 0.5) is 26.3 Å². The molecule has 0 aromatic heterocycles. The molecule has 5 unspecified atom stereocenters. The van der Waals surface area contributed by atoms with Crippen molar-refractivity contribution in [1.29, 1.82) is 0 Å². The fraction of sp³-hybridized carbons (Fsp3) is 0.867. The van der Waals surface area contributed by atoms with Crippen LogP contribution in [0.25, 0.3) is 0 Å². The molecule has 0 aliphatic heterocycles. The van der Waals surface area contributed by atoms with Crippen molar-refractivity contribution in [2.45, 2.75) is 49.7 Å². The molecule has 3 aliphatic rings. The summed E-state index contributed by atoms with van der Waals surface area (Å²) in [6, 6.07) is 0. The SMILES string of the molecule is OC(COC1CCC2C3C=CC(C3)C2C1)(C(F)(F)F)C(F)(F)F. The van der Waals surface area contributed by atoms with Crippen LogP contribution in [0.3, 0.4) is 0 Å². The number of halogens is 6. The third-order valence-electron chi connectivity index (χ3n) is 5.62. The summed E-state index contributed by atoms with van der Waals surface area (Å²) in [6.45, 7) is -1.80. The monoisotopic (exact) mass is 344 g/mol. The third kappa shape index (κ3) is 2.77. The largest absolute Gasteiger partial charge is 0.428 e. The van der Waals surface area contributed by atoms with E-state index in [0.717, 1.165) is 12.8 Å². The Morgan fingerprint density at radius 1 is 0.870 bits per heavy atom. The number of aliphatic hydroxyl groups is 1. The van der Waals surface area contributed by atoms with Crippen molar-refractivity contribution in [2.24, 2.45) is 23.7 Å². The van der Waals surface area contributed by atoms with Crippen molar-refractivity contribution in [3.05, 3.63) is 12.2 Å². The summed E-state index contributed by atoms with van der Waals surface area (Å²) >= 11 is 0. The molecule has 1 N–H and O–H groups in total. The van der Waals surface area contributed by atoms with E-state index in [9.17, 15) is 26.3 Å². The Kier molecular flexibility index (Phi) is 3.99. The summed E-state index contributed by atoms with van der Waals surface area (Å²) in [5.74, 6) is 1.59. The Hall–Kier alpha value is -0.760. The Morgan fingerprint density at radius 2 is 1.43 bits per heavy atom. The zero-order chi connectivity index (χ0) is 17.0. The van der Waals surface area contributed by atoms with Gasteiger partial charge in [0.05, 0.1) is 12.7 Å². The van der Waals surface area contributed by atoms with Gasteiger partial charge in [-0.05, 0) is 49.4 Å². The van der Waals surface area contributed by atoms with Crippen LogP contribution in [-0.2, 0) is 4.74 Å². The van der Waals surface area contributed by atoms with Crippen molar-refractivity contribution in [3.8, 4) is 0 Å². The lowest BCUT2D eigenvalue weighted by Gasteiger charge is -2.39. The molecule has 0 amide bonds.